The Bertz CT molecular complexity index is 354. The highest BCUT2D eigenvalue weighted by Crippen LogP contribution is 2.18. The predicted octanol–water partition coefficient (Wildman–Crippen LogP) is 1.25. The van der Waals surface area contributed by atoms with Crippen LogP contribution in [0.4, 0.5) is 0 Å². The first-order valence-corrected chi connectivity index (χ1v) is 6.53. The van der Waals surface area contributed by atoms with E-state index in [0.717, 1.165) is 39.2 Å². The number of ether oxygens (including phenoxy) is 1. The third-order valence-electron chi connectivity index (χ3n) is 3.72. The molecule has 0 aromatic heterocycles. The van der Waals surface area contributed by atoms with E-state index in [0.29, 0.717) is 12.1 Å². The normalized spacial score (nSPS) is 29.9. The number of rotatable bonds is 2. The summed E-state index contributed by atoms with van der Waals surface area (Å²) in [6, 6.07) is 11.2. The zero-order chi connectivity index (χ0) is 11.5. The van der Waals surface area contributed by atoms with Crippen molar-refractivity contribution in [3.63, 3.8) is 0 Å². The van der Waals surface area contributed by atoms with Gasteiger partial charge in [-0.05, 0) is 12.0 Å². The van der Waals surface area contributed by atoms with Crippen LogP contribution in [0.15, 0.2) is 30.3 Å². The summed E-state index contributed by atoms with van der Waals surface area (Å²) in [7, 11) is 0. The van der Waals surface area contributed by atoms with Gasteiger partial charge in [-0.25, -0.2) is 0 Å². The Labute approximate surface area is 103 Å². The topological polar surface area (TPSA) is 24.5 Å². The molecule has 2 aliphatic heterocycles. The van der Waals surface area contributed by atoms with Gasteiger partial charge in [0, 0.05) is 32.2 Å². The maximum Gasteiger partial charge on any atom is 0.0753 e. The lowest BCUT2D eigenvalue weighted by Crippen LogP contribution is -2.58. The van der Waals surface area contributed by atoms with Crippen LogP contribution in [-0.4, -0.2) is 43.3 Å². The van der Waals surface area contributed by atoms with Crippen LogP contribution in [0.3, 0.4) is 0 Å². The van der Waals surface area contributed by atoms with E-state index in [4.69, 9.17) is 4.74 Å². The average Bonchev–Trinajstić information content (AvgIpc) is 2.40. The van der Waals surface area contributed by atoms with Crippen molar-refractivity contribution >= 4 is 0 Å². The standard InChI is InChI=1S/C14H20N2O/c1-2-4-12(5-3-1)10-16-8-6-14-13(11-16)15-7-9-17-14/h1-5,13-15H,6-11H2. The predicted molar refractivity (Wildman–Crippen MR) is 67.9 cm³/mol. The summed E-state index contributed by atoms with van der Waals surface area (Å²) in [6.45, 7) is 5.20. The summed E-state index contributed by atoms with van der Waals surface area (Å²) in [5, 5.41) is 3.57. The molecule has 1 aromatic carbocycles. The lowest BCUT2D eigenvalue weighted by molar-refractivity contribution is -0.0443. The molecule has 0 spiro atoms. The molecule has 0 bridgehead atoms. The van der Waals surface area contributed by atoms with Crippen LogP contribution in [0, 0.1) is 0 Å². The van der Waals surface area contributed by atoms with Crippen molar-refractivity contribution in [1.29, 1.82) is 0 Å². The molecule has 2 fully saturated rings. The van der Waals surface area contributed by atoms with Gasteiger partial charge in [-0.3, -0.25) is 4.90 Å². The van der Waals surface area contributed by atoms with E-state index < -0.39 is 0 Å². The third-order valence-corrected chi connectivity index (χ3v) is 3.72. The number of morpholine rings is 1. The summed E-state index contributed by atoms with van der Waals surface area (Å²) in [4.78, 5) is 2.53. The van der Waals surface area contributed by atoms with Crippen LogP contribution >= 0.6 is 0 Å². The van der Waals surface area contributed by atoms with Crippen molar-refractivity contribution < 1.29 is 4.74 Å². The number of likely N-dealkylation sites (tertiary alicyclic amines) is 1. The van der Waals surface area contributed by atoms with Gasteiger partial charge in [0.2, 0.25) is 0 Å². The van der Waals surface area contributed by atoms with E-state index in [1.165, 1.54) is 5.56 Å². The molecule has 1 N–H and O–H groups in total. The fourth-order valence-electron chi connectivity index (χ4n) is 2.83. The zero-order valence-corrected chi connectivity index (χ0v) is 10.1. The first-order valence-electron chi connectivity index (χ1n) is 6.53. The van der Waals surface area contributed by atoms with Crippen molar-refractivity contribution in [1.82, 2.24) is 10.2 Å². The van der Waals surface area contributed by atoms with Crippen LogP contribution in [-0.2, 0) is 11.3 Å². The van der Waals surface area contributed by atoms with Crippen molar-refractivity contribution in [3.8, 4) is 0 Å². The third kappa shape index (κ3) is 2.68. The molecule has 2 unspecified atom stereocenters. The Morgan fingerprint density at radius 2 is 2.18 bits per heavy atom. The minimum absolute atomic E-state index is 0.441. The number of piperidine rings is 1. The molecular weight excluding hydrogens is 212 g/mol. The van der Waals surface area contributed by atoms with Crippen LogP contribution in [0.2, 0.25) is 0 Å². The molecule has 3 rings (SSSR count). The van der Waals surface area contributed by atoms with Gasteiger partial charge in [0.25, 0.3) is 0 Å². The molecule has 92 valence electrons. The van der Waals surface area contributed by atoms with Gasteiger partial charge >= 0.3 is 0 Å². The second kappa shape index (κ2) is 5.17. The molecule has 0 aliphatic carbocycles. The van der Waals surface area contributed by atoms with Crippen LogP contribution < -0.4 is 5.32 Å². The van der Waals surface area contributed by atoms with E-state index >= 15 is 0 Å². The molecule has 3 nitrogen and oxygen atoms in total. The molecular formula is C14H20N2O. The van der Waals surface area contributed by atoms with Crippen LogP contribution in [0.5, 0.6) is 0 Å². The number of fused-ring (bicyclic) bond motifs is 1. The van der Waals surface area contributed by atoms with Gasteiger partial charge in [0.1, 0.15) is 0 Å². The van der Waals surface area contributed by atoms with E-state index in [9.17, 15) is 0 Å². The Hall–Kier alpha value is -0.900. The quantitative estimate of drug-likeness (QED) is 0.830. The molecule has 0 amide bonds. The number of nitrogens with zero attached hydrogens (tertiary/aromatic N) is 1. The van der Waals surface area contributed by atoms with Crippen LogP contribution in [0.25, 0.3) is 0 Å². The smallest absolute Gasteiger partial charge is 0.0753 e. The molecule has 1 aromatic rings. The highest BCUT2D eigenvalue weighted by Gasteiger charge is 2.31. The van der Waals surface area contributed by atoms with E-state index in [1.54, 1.807) is 0 Å². The maximum absolute atomic E-state index is 5.79. The van der Waals surface area contributed by atoms with Gasteiger partial charge in [0.05, 0.1) is 12.7 Å². The zero-order valence-electron chi connectivity index (χ0n) is 10.1. The maximum atomic E-state index is 5.79. The fourth-order valence-corrected chi connectivity index (χ4v) is 2.83. The summed E-state index contributed by atoms with van der Waals surface area (Å²) >= 11 is 0. The van der Waals surface area contributed by atoms with Crippen LogP contribution in [0.1, 0.15) is 12.0 Å². The largest absolute Gasteiger partial charge is 0.375 e. The molecule has 2 heterocycles. The Kier molecular flexibility index (Phi) is 3.41. The average molecular weight is 232 g/mol. The monoisotopic (exact) mass is 232 g/mol. The Morgan fingerprint density at radius 3 is 3.06 bits per heavy atom. The Morgan fingerprint density at radius 1 is 1.29 bits per heavy atom. The fraction of sp³-hybridized carbons (Fsp3) is 0.571. The molecule has 0 radical (unpaired) electrons. The number of benzene rings is 1. The molecule has 2 aliphatic rings. The van der Waals surface area contributed by atoms with E-state index in [-0.39, 0.29) is 0 Å². The Balaban J connectivity index is 1.59. The summed E-state index contributed by atoms with van der Waals surface area (Å²) in [5.41, 5.74) is 1.41. The lowest BCUT2D eigenvalue weighted by atomic mass is 10.00. The number of hydrogen-bond acceptors (Lipinski definition) is 3. The van der Waals surface area contributed by atoms with Gasteiger partial charge < -0.3 is 10.1 Å². The minimum Gasteiger partial charge on any atom is -0.375 e. The highest BCUT2D eigenvalue weighted by atomic mass is 16.5. The second-order valence-electron chi connectivity index (χ2n) is 4.98. The number of hydrogen-bond donors (Lipinski definition) is 1. The van der Waals surface area contributed by atoms with E-state index in [1.807, 2.05) is 0 Å². The van der Waals surface area contributed by atoms with Crippen molar-refractivity contribution in [3.05, 3.63) is 35.9 Å². The van der Waals surface area contributed by atoms with Crippen molar-refractivity contribution in [2.75, 3.05) is 26.2 Å². The molecule has 17 heavy (non-hydrogen) atoms. The summed E-state index contributed by atoms with van der Waals surface area (Å²) in [6.07, 6.45) is 1.60. The first kappa shape index (κ1) is 11.2. The highest BCUT2D eigenvalue weighted by molar-refractivity contribution is 5.14. The molecule has 3 heteroatoms. The molecule has 0 saturated carbocycles. The minimum atomic E-state index is 0.441. The number of nitrogens with one attached hydrogen (secondary N) is 1. The molecule has 2 saturated heterocycles. The lowest BCUT2D eigenvalue weighted by Gasteiger charge is -2.41. The first-order chi connectivity index (χ1) is 8.42. The van der Waals surface area contributed by atoms with Gasteiger partial charge in [-0.15, -0.1) is 0 Å². The van der Waals surface area contributed by atoms with Gasteiger partial charge in [0.15, 0.2) is 0 Å². The van der Waals surface area contributed by atoms with Gasteiger partial charge in [-0.2, -0.15) is 0 Å². The summed E-state index contributed by atoms with van der Waals surface area (Å²) in [5.74, 6) is 0. The molecule has 2 atom stereocenters. The summed E-state index contributed by atoms with van der Waals surface area (Å²) < 4.78 is 5.79. The van der Waals surface area contributed by atoms with Gasteiger partial charge in [-0.1, -0.05) is 30.3 Å². The SMILES string of the molecule is c1ccc(CN2CCC3OCCNC3C2)cc1. The second-order valence-corrected chi connectivity index (χ2v) is 4.98. The van der Waals surface area contributed by atoms with E-state index in [2.05, 4.69) is 40.5 Å². The van der Waals surface area contributed by atoms with Crippen molar-refractivity contribution in [2.45, 2.75) is 25.1 Å². The van der Waals surface area contributed by atoms with Crippen molar-refractivity contribution in [2.24, 2.45) is 0 Å².